The quantitative estimate of drug-likeness (QED) is 0.144. The number of allylic oxidation sites excluding steroid dienone is 3. The van der Waals surface area contributed by atoms with Gasteiger partial charge in [-0.15, -0.1) is 0 Å². The number of para-hydroxylation sites is 3. The van der Waals surface area contributed by atoms with Crippen LogP contribution < -0.4 is 9.80 Å². The van der Waals surface area contributed by atoms with Crippen LogP contribution >= 0.6 is 0 Å². The highest BCUT2D eigenvalue weighted by Gasteiger charge is 2.15. The first-order valence-electron chi connectivity index (χ1n) is 13.5. The third-order valence-corrected chi connectivity index (χ3v) is 6.67. The fraction of sp³-hybridized carbons (Fsp3) is 0.0541. The van der Waals surface area contributed by atoms with Crippen molar-refractivity contribution in [3.8, 4) is 6.07 Å². The molecule has 0 aliphatic heterocycles. The van der Waals surface area contributed by atoms with Gasteiger partial charge in [0.15, 0.2) is 0 Å². The van der Waals surface area contributed by atoms with Gasteiger partial charge in [-0.2, -0.15) is 5.26 Å². The van der Waals surface area contributed by atoms with Crippen LogP contribution in [0.4, 0.5) is 34.1 Å². The topological polar surface area (TPSA) is 30.3 Å². The minimum atomic E-state index is 0.735. The Morgan fingerprint density at radius 2 is 0.900 bits per heavy atom. The molecule has 0 saturated heterocycles. The molecule has 0 atom stereocenters. The lowest BCUT2D eigenvalue weighted by Crippen LogP contribution is -2.12. The van der Waals surface area contributed by atoms with E-state index in [-0.39, 0.29) is 0 Å². The Bertz CT molecular complexity index is 1560. The number of nitriles is 1. The molecule has 0 amide bonds. The van der Waals surface area contributed by atoms with Crippen LogP contribution in [0, 0.1) is 11.3 Å². The Labute approximate surface area is 237 Å². The van der Waals surface area contributed by atoms with Crippen molar-refractivity contribution < 1.29 is 0 Å². The SMILES string of the molecule is CC/C(C#N)=C/C=C/c1ccc(N(c2ccccc2)c2ccc(N(c3ccccc3)c3ccccc3)cc2)cc1. The predicted molar refractivity (Wildman–Crippen MR) is 169 cm³/mol. The maximum Gasteiger partial charge on any atom is 0.0946 e. The molecule has 40 heavy (non-hydrogen) atoms. The van der Waals surface area contributed by atoms with Crippen molar-refractivity contribution in [1.29, 1.82) is 5.26 Å². The Morgan fingerprint density at radius 3 is 1.25 bits per heavy atom. The lowest BCUT2D eigenvalue weighted by Gasteiger charge is -2.28. The second-order valence-corrected chi connectivity index (χ2v) is 9.30. The van der Waals surface area contributed by atoms with E-state index in [0.717, 1.165) is 51.7 Å². The fourth-order valence-electron chi connectivity index (χ4n) is 4.62. The van der Waals surface area contributed by atoms with Crippen LogP contribution in [-0.4, -0.2) is 0 Å². The summed E-state index contributed by atoms with van der Waals surface area (Å²) < 4.78 is 0. The molecule has 5 rings (SSSR count). The van der Waals surface area contributed by atoms with E-state index in [1.807, 2.05) is 43.4 Å². The number of hydrogen-bond acceptors (Lipinski definition) is 3. The van der Waals surface area contributed by atoms with Gasteiger partial charge in [0.05, 0.1) is 6.07 Å². The Hall–Kier alpha value is -5.33. The zero-order valence-corrected chi connectivity index (χ0v) is 22.6. The van der Waals surface area contributed by atoms with Crippen molar-refractivity contribution in [1.82, 2.24) is 0 Å². The van der Waals surface area contributed by atoms with Crippen LogP contribution in [0.2, 0.25) is 0 Å². The highest BCUT2D eigenvalue weighted by molar-refractivity contribution is 5.81. The maximum absolute atomic E-state index is 9.14. The molecule has 0 N–H and O–H groups in total. The fourth-order valence-corrected chi connectivity index (χ4v) is 4.62. The molecule has 0 aromatic heterocycles. The standard InChI is InChI=1S/C37H31N3/c1-2-30(29-38)13-12-14-31-21-23-35(24-22-31)40(34-19-10-5-11-20-34)37-27-25-36(26-28-37)39(32-15-6-3-7-16-32)33-17-8-4-9-18-33/h3-28H,2H2,1H3/b14-12+,30-13-. The van der Waals surface area contributed by atoms with Gasteiger partial charge in [0.25, 0.3) is 0 Å². The van der Waals surface area contributed by atoms with Crippen LogP contribution in [0.1, 0.15) is 18.9 Å². The lowest BCUT2D eigenvalue weighted by atomic mass is 10.1. The summed E-state index contributed by atoms with van der Waals surface area (Å²) in [6.07, 6.45) is 6.58. The zero-order valence-electron chi connectivity index (χ0n) is 22.6. The molecule has 0 spiro atoms. The van der Waals surface area contributed by atoms with E-state index in [1.165, 1.54) is 0 Å². The van der Waals surface area contributed by atoms with Crippen LogP contribution in [-0.2, 0) is 0 Å². The number of rotatable bonds is 9. The molecule has 0 unspecified atom stereocenters. The summed E-state index contributed by atoms with van der Waals surface area (Å²) in [5.41, 5.74) is 8.39. The Balaban J connectivity index is 1.48. The highest BCUT2D eigenvalue weighted by atomic mass is 15.2. The van der Waals surface area contributed by atoms with Crippen LogP contribution in [0.15, 0.2) is 157 Å². The van der Waals surface area contributed by atoms with Crippen LogP contribution in [0.5, 0.6) is 0 Å². The highest BCUT2D eigenvalue weighted by Crippen LogP contribution is 2.38. The van der Waals surface area contributed by atoms with Crippen molar-refractivity contribution in [2.45, 2.75) is 13.3 Å². The lowest BCUT2D eigenvalue weighted by molar-refractivity contribution is 1.15. The largest absolute Gasteiger partial charge is 0.311 e. The average Bonchev–Trinajstić information content (AvgIpc) is 3.03. The zero-order chi connectivity index (χ0) is 27.6. The first kappa shape index (κ1) is 26.3. The molecule has 0 aliphatic rings. The summed E-state index contributed by atoms with van der Waals surface area (Å²) in [6.45, 7) is 1.99. The molecule has 3 nitrogen and oxygen atoms in total. The number of nitrogens with zero attached hydrogens (tertiary/aromatic N) is 3. The van der Waals surface area contributed by atoms with E-state index in [9.17, 15) is 0 Å². The van der Waals surface area contributed by atoms with Gasteiger partial charge in [-0.1, -0.05) is 85.8 Å². The molecular weight excluding hydrogens is 486 g/mol. The third-order valence-electron chi connectivity index (χ3n) is 6.67. The maximum atomic E-state index is 9.14. The van der Waals surface area contributed by atoms with E-state index in [2.05, 4.69) is 137 Å². The first-order chi connectivity index (χ1) is 19.8. The Kier molecular flexibility index (Phi) is 8.51. The molecule has 5 aromatic carbocycles. The second-order valence-electron chi connectivity index (χ2n) is 9.30. The van der Waals surface area contributed by atoms with E-state index in [0.29, 0.717) is 0 Å². The summed E-state index contributed by atoms with van der Waals surface area (Å²) in [5.74, 6) is 0. The summed E-state index contributed by atoms with van der Waals surface area (Å²) in [7, 11) is 0. The van der Waals surface area contributed by atoms with Crippen molar-refractivity contribution in [2.24, 2.45) is 0 Å². The summed E-state index contributed by atoms with van der Waals surface area (Å²) in [5, 5.41) is 9.14. The van der Waals surface area contributed by atoms with Crippen molar-refractivity contribution in [3.63, 3.8) is 0 Å². The summed E-state index contributed by atoms with van der Waals surface area (Å²) in [4.78, 5) is 4.53. The number of anilines is 6. The molecule has 0 aliphatic carbocycles. The molecule has 0 heterocycles. The molecule has 194 valence electrons. The predicted octanol–water partition coefficient (Wildman–Crippen LogP) is 10.5. The van der Waals surface area contributed by atoms with Crippen LogP contribution in [0.3, 0.4) is 0 Å². The molecule has 3 heteroatoms. The average molecular weight is 518 g/mol. The van der Waals surface area contributed by atoms with E-state index in [1.54, 1.807) is 0 Å². The van der Waals surface area contributed by atoms with Gasteiger partial charge in [0.1, 0.15) is 0 Å². The van der Waals surface area contributed by atoms with Crippen molar-refractivity contribution >= 4 is 40.2 Å². The molecule has 0 saturated carbocycles. The number of benzene rings is 5. The van der Waals surface area contributed by atoms with E-state index >= 15 is 0 Å². The molecular formula is C37H31N3. The number of hydrogen-bond donors (Lipinski definition) is 0. The second kappa shape index (κ2) is 13.0. The van der Waals surface area contributed by atoms with Gasteiger partial charge in [-0.25, -0.2) is 0 Å². The summed E-state index contributed by atoms with van der Waals surface area (Å²) >= 11 is 0. The van der Waals surface area contributed by atoms with E-state index < -0.39 is 0 Å². The molecule has 0 radical (unpaired) electrons. The van der Waals surface area contributed by atoms with Crippen molar-refractivity contribution in [3.05, 3.63) is 163 Å². The smallest absolute Gasteiger partial charge is 0.0946 e. The van der Waals surface area contributed by atoms with Crippen LogP contribution in [0.25, 0.3) is 6.08 Å². The van der Waals surface area contributed by atoms with Gasteiger partial charge in [0, 0.05) is 39.7 Å². The minimum absolute atomic E-state index is 0.735. The van der Waals surface area contributed by atoms with Gasteiger partial charge >= 0.3 is 0 Å². The first-order valence-corrected chi connectivity index (χ1v) is 13.5. The van der Waals surface area contributed by atoms with Gasteiger partial charge < -0.3 is 9.80 Å². The summed E-state index contributed by atoms with van der Waals surface area (Å²) in [6, 6.07) is 50.7. The minimum Gasteiger partial charge on any atom is -0.311 e. The Morgan fingerprint density at radius 1 is 0.550 bits per heavy atom. The van der Waals surface area contributed by atoms with E-state index in [4.69, 9.17) is 5.26 Å². The normalized spacial score (nSPS) is 11.2. The molecule has 5 aromatic rings. The van der Waals surface area contributed by atoms with Gasteiger partial charge in [-0.3, -0.25) is 0 Å². The van der Waals surface area contributed by atoms with Gasteiger partial charge in [-0.05, 0) is 90.9 Å². The van der Waals surface area contributed by atoms with Crippen molar-refractivity contribution in [2.75, 3.05) is 9.80 Å². The van der Waals surface area contributed by atoms with Gasteiger partial charge in [0.2, 0.25) is 0 Å². The monoisotopic (exact) mass is 517 g/mol. The molecule has 0 bridgehead atoms. The third kappa shape index (κ3) is 6.20. The molecule has 0 fully saturated rings.